The molecule has 0 saturated heterocycles. The van der Waals surface area contributed by atoms with Crippen LogP contribution in [0.1, 0.15) is 5.56 Å². The fraction of sp³-hybridized carbons (Fsp3) is 0.133. The highest BCUT2D eigenvalue weighted by Crippen LogP contribution is 2.31. The van der Waals surface area contributed by atoms with Crippen LogP contribution in [-0.4, -0.2) is 17.0 Å². The van der Waals surface area contributed by atoms with Crippen LogP contribution in [0.5, 0.6) is 0 Å². The molecule has 5 nitrogen and oxygen atoms in total. The van der Waals surface area contributed by atoms with Crippen molar-refractivity contribution >= 4 is 32.4 Å². The number of anilines is 1. The fourth-order valence-corrected chi connectivity index (χ4v) is 3.07. The van der Waals surface area contributed by atoms with Crippen molar-refractivity contribution in [1.29, 1.82) is 0 Å². The molecule has 1 aromatic heterocycles. The fourth-order valence-electron chi connectivity index (χ4n) is 2.11. The summed E-state index contributed by atoms with van der Waals surface area (Å²) in [5, 5.41) is 11.6. The van der Waals surface area contributed by atoms with Crippen LogP contribution >= 0.6 is 11.3 Å². The first-order valence-corrected chi connectivity index (χ1v) is 7.35. The highest BCUT2D eigenvalue weighted by molar-refractivity contribution is 7.22. The Balaban J connectivity index is 1.85. The second-order valence-corrected chi connectivity index (χ2v) is 5.90. The van der Waals surface area contributed by atoms with Crippen LogP contribution in [0, 0.1) is 15.9 Å². The topological polar surface area (TPSA) is 59.3 Å². The zero-order valence-electron chi connectivity index (χ0n) is 11.7. The van der Waals surface area contributed by atoms with Crippen molar-refractivity contribution in [3.63, 3.8) is 0 Å². The Morgan fingerprint density at radius 3 is 2.68 bits per heavy atom. The summed E-state index contributed by atoms with van der Waals surface area (Å²) in [5.41, 5.74) is 1.76. The Kier molecular flexibility index (Phi) is 3.72. The summed E-state index contributed by atoms with van der Waals surface area (Å²) in [5.74, 6) is -0.265. The Morgan fingerprint density at radius 1 is 1.27 bits per heavy atom. The van der Waals surface area contributed by atoms with Gasteiger partial charge in [-0.15, -0.1) is 0 Å². The molecular formula is C15H12FN3O2S. The van der Waals surface area contributed by atoms with Gasteiger partial charge in [0, 0.05) is 25.7 Å². The first kappa shape index (κ1) is 14.4. The van der Waals surface area contributed by atoms with E-state index in [-0.39, 0.29) is 11.5 Å². The van der Waals surface area contributed by atoms with Gasteiger partial charge in [0.25, 0.3) is 5.69 Å². The van der Waals surface area contributed by atoms with Crippen LogP contribution in [0.15, 0.2) is 42.5 Å². The van der Waals surface area contributed by atoms with E-state index in [0.29, 0.717) is 6.54 Å². The quantitative estimate of drug-likeness (QED) is 0.539. The number of hydrogen-bond donors (Lipinski definition) is 0. The monoisotopic (exact) mass is 317 g/mol. The molecule has 0 atom stereocenters. The summed E-state index contributed by atoms with van der Waals surface area (Å²) >= 11 is 1.40. The summed E-state index contributed by atoms with van der Waals surface area (Å²) in [6.45, 7) is 0.586. The summed E-state index contributed by atoms with van der Waals surface area (Å²) < 4.78 is 13.7. The van der Waals surface area contributed by atoms with Crippen LogP contribution in [0.2, 0.25) is 0 Å². The van der Waals surface area contributed by atoms with Crippen molar-refractivity contribution in [2.24, 2.45) is 0 Å². The molecule has 0 fully saturated rings. The van der Waals surface area contributed by atoms with Crippen molar-refractivity contribution in [3.05, 3.63) is 64.0 Å². The number of nitro benzene ring substituents is 1. The molecule has 0 radical (unpaired) electrons. The molecule has 7 heteroatoms. The summed E-state index contributed by atoms with van der Waals surface area (Å²) in [6, 6.07) is 10.9. The lowest BCUT2D eigenvalue weighted by molar-refractivity contribution is -0.384. The van der Waals surface area contributed by atoms with Crippen LogP contribution in [0.25, 0.3) is 10.2 Å². The molecule has 0 aliphatic heterocycles. The van der Waals surface area contributed by atoms with Gasteiger partial charge in [-0.05, 0) is 23.8 Å². The van der Waals surface area contributed by atoms with Gasteiger partial charge in [-0.3, -0.25) is 10.1 Å². The van der Waals surface area contributed by atoms with E-state index in [1.54, 1.807) is 18.2 Å². The molecule has 22 heavy (non-hydrogen) atoms. The van der Waals surface area contributed by atoms with E-state index >= 15 is 0 Å². The largest absolute Gasteiger partial charge is 0.347 e. The highest BCUT2D eigenvalue weighted by atomic mass is 32.1. The molecule has 112 valence electrons. The zero-order chi connectivity index (χ0) is 15.7. The van der Waals surface area contributed by atoms with E-state index in [0.717, 1.165) is 20.9 Å². The second kappa shape index (κ2) is 5.69. The molecule has 0 amide bonds. The average Bonchev–Trinajstić information content (AvgIpc) is 2.92. The van der Waals surface area contributed by atoms with Gasteiger partial charge in [-0.25, -0.2) is 9.37 Å². The van der Waals surface area contributed by atoms with E-state index in [1.165, 1.54) is 35.6 Å². The van der Waals surface area contributed by atoms with Crippen molar-refractivity contribution < 1.29 is 9.31 Å². The minimum absolute atomic E-state index is 0.0592. The number of fused-ring (bicyclic) bond motifs is 1. The smallest absolute Gasteiger partial charge is 0.270 e. The van der Waals surface area contributed by atoms with Crippen LogP contribution in [0.3, 0.4) is 0 Å². The Hall–Kier alpha value is -2.54. The zero-order valence-corrected chi connectivity index (χ0v) is 12.5. The second-order valence-electron chi connectivity index (χ2n) is 4.89. The van der Waals surface area contributed by atoms with Crippen molar-refractivity contribution in [3.8, 4) is 0 Å². The van der Waals surface area contributed by atoms with E-state index in [2.05, 4.69) is 4.98 Å². The van der Waals surface area contributed by atoms with Gasteiger partial charge in [0.15, 0.2) is 5.13 Å². The molecule has 0 saturated carbocycles. The van der Waals surface area contributed by atoms with Crippen molar-refractivity contribution in [2.45, 2.75) is 6.54 Å². The number of benzene rings is 2. The molecule has 0 aliphatic rings. The number of rotatable bonds is 4. The number of hydrogen-bond acceptors (Lipinski definition) is 5. The van der Waals surface area contributed by atoms with E-state index < -0.39 is 4.92 Å². The van der Waals surface area contributed by atoms with Crippen LogP contribution < -0.4 is 4.90 Å². The molecule has 0 spiro atoms. The third-order valence-electron chi connectivity index (χ3n) is 3.23. The number of nitrogens with zero attached hydrogens (tertiary/aromatic N) is 3. The number of nitro groups is 1. The number of halogens is 1. The first-order valence-electron chi connectivity index (χ1n) is 6.53. The predicted octanol–water partition coefficient (Wildman–Crippen LogP) is 3.98. The molecule has 0 bridgehead atoms. The van der Waals surface area contributed by atoms with Gasteiger partial charge in [-0.1, -0.05) is 23.5 Å². The lowest BCUT2D eigenvalue weighted by atomic mass is 10.2. The summed E-state index contributed by atoms with van der Waals surface area (Å²) in [7, 11) is 1.88. The molecular weight excluding hydrogens is 305 g/mol. The predicted molar refractivity (Wildman–Crippen MR) is 84.8 cm³/mol. The molecule has 1 heterocycles. The van der Waals surface area contributed by atoms with E-state index in [9.17, 15) is 14.5 Å². The van der Waals surface area contributed by atoms with Gasteiger partial charge >= 0.3 is 0 Å². The van der Waals surface area contributed by atoms with Crippen molar-refractivity contribution in [2.75, 3.05) is 11.9 Å². The van der Waals surface area contributed by atoms with E-state index in [4.69, 9.17) is 0 Å². The average molecular weight is 317 g/mol. The highest BCUT2D eigenvalue weighted by Gasteiger charge is 2.12. The van der Waals surface area contributed by atoms with Gasteiger partial charge in [0.05, 0.1) is 15.1 Å². The van der Waals surface area contributed by atoms with E-state index in [1.807, 2.05) is 11.9 Å². The van der Waals surface area contributed by atoms with Crippen LogP contribution in [-0.2, 0) is 6.54 Å². The van der Waals surface area contributed by atoms with Gasteiger partial charge in [0.1, 0.15) is 5.82 Å². The lowest BCUT2D eigenvalue weighted by Gasteiger charge is -2.15. The lowest BCUT2D eigenvalue weighted by Crippen LogP contribution is -2.15. The van der Waals surface area contributed by atoms with Crippen molar-refractivity contribution in [1.82, 2.24) is 4.98 Å². The number of thiazole rings is 1. The normalized spacial score (nSPS) is 10.8. The minimum Gasteiger partial charge on any atom is -0.347 e. The SMILES string of the molecule is CN(Cc1ccc(F)cc1)c1nc2ccc([N+](=O)[O-])cc2s1. The Labute approximate surface area is 129 Å². The summed E-state index contributed by atoms with van der Waals surface area (Å²) in [4.78, 5) is 16.8. The minimum atomic E-state index is -0.416. The molecule has 0 aliphatic carbocycles. The molecule has 0 unspecified atom stereocenters. The maximum atomic E-state index is 12.9. The third-order valence-corrected chi connectivity index (χ3v) is 4.36. The third kappa shape index (κ3) is 2.89. The Morgan fingerprint density at radius 2 is 2.00 bits per heavy atom. The van der Waals surface area contributed by atoms with Crippen LogP contribution in [0.4, 0.5) is 15.2 Å². The molecule has 3 aromatic rings. The van der Waals surface area contributed by atoms with Gasteiger partial charge in [0.2, 0.25) is 0 Å². The molecule has 3 rings (SSSR count). The maximum Gasteiger partial charge on any atom is 0.270 e. The van der Waals surface area contributed by atoms with Gasteiger partial charge < -0.3 is 4.90 Å². The molecule has 2 aromatic carbocycles. The Bertz CT molecular complexity index is 832. The number of non-ortho nitro benzene ring substituents is 1. The van der Waals surface area contributed by atoms with Gasteiger partial charge in [-0.2, -0.15) is 0 Å². The number of aromatic nitrogens is 1. The molecule has 0 N–H and O–H groups in total. The maximum absolute atomic E-state index is 12.9. The summed E-state index contributed by atoms with van der Waals surface area (Å²) in [6.07, 6.45) is 0. The standard InChI is InChI=1S/C15H12FN3O2S/c1-18(9-10-2-4-11(16)5-3-10)15-17-13-7-6-12(19(20)21)8-14(13)22-15/h2-8H,9H2,1H3. The first-order chi connectivity index (χ1) is 10.5.